The molecule has 8 nitrogen and oxygen atoms in total. The molecule has 2 amide bonds. The minimum atomic E-state index is -0.498. The van der Waals surface area contributed by atoms with Crippen LogP contribution in [-0.4, -0.2) is 55.0 Å². The summed E-state index contributed by atoms with van der Waals surface area (Å²) in [7, 11) is 3.24. The predicted molar refractivity (Wildman–Crippen MR) is 104 cm³/mol. The van der Waals surface area contributed by atoms with E-state index in [9.17, 15) is 14.4 Å². The molecule has 1 unspecified atom stereocenters. The summed E-state index contributed by atoms with van der Waals surface area (Å²) in [6, 6.07) is 7.10. The summed E-state index contributed by atoms with van der Waals surface area (Å²) >= 11 is 1.05. The van der Waals surface area contributed by atoms with Crippen LogP contribution in [0.5, 0.6) is 5.75 Å². The van der Waals surface area contributed by atoms with Gasteiger partial charge in [-0.15, -0.1) is 0 Å². The minimum Gasteiger partial charge on any atom is -0.497 e. The lowest BCUT2D eigenvalue weighted by molar-refractivity contribution is -0.127. The zero-order valence-electron chi connectivity index (χ0n) is 15.9. The van der Waals surface area contributed by atoms with Crippen LogP contribution in [0.2, 0.25) is 0 Å². The van der Waals surface area contributed by atoms with Crippen LogP contribution in [0.15, 0.2) is 24.3 Å². The Kier molecular flexibility index (Phi) is 5.93. The second kappa shape index (κ2) is 8.39. The lowest BCUT2D eigenvalue weighted by Crippen LogP contribution is -2.25. The van der Waals surface area contributed by atoms with Gasteiger partial charge in [-0.2, -0.15) is 0 Å². The van der Waals surface area contributed by atoms with Crippen molar-refractivity contribution in [3.8, 4) is 17.0 Å². The number of hydrogen-bond acceptors (Lipinski definition) is 7. The second-order valence-corrected chi connectivity index (χ2v) is 7.31. The maximum absolute atomic E-state index is 12.5. The van der Waals surface area contributed by atoms with Gasteiger partial charge in [-0.25, -0.2) is 9.78 Å². The molecule has 0 radical (unpaired) electrons. The highest BCUT2D eigenvalue weighted by Crippen LogP contribution is 2.33. The molecule has 9 heteroatoms. The Bertz CT molecular complexity index is 893. The number of ether oxygens (including phenoxy) is 2. The molecule has 3 rings (SSSR count). The number of esters is 1. The number of likely N-dealkylation sites (tertiary alicyclic amines) is 1. The third kappa shape index (κ3) is 4.14. The molecule has 2 aromatic rings. The van der Waals surface area contributed by atoms with Crippen LogP contribution >= 0.6 is 11.3 Å². The highest BCUT2D eigenvalue weighted by Gasteiger charge is 2.33. The van der Waals surface area contributed by atoms with Gasteiger partial charge in [0.15, 0.2) is 5.13 Å². The van der Waals surface area contributed by atoms with E-state index in [1.807, 2.05) is 0 Å². The average Bonchev–Trinajstić information content (AvgIpc) is 3.25. The molecular weight excluding hydrogens is 382 g/mol. The van der Waals surface area contributed by atoms with E-state index in [-0.39, 0.29) is 24.8 Å². The Hall–Kier alpha value is -2.94. The van der Waals surface area contributed by atoms with E-state index in [0.29, 0.717) is 33.6 Å². The fourth-order valence-corrected chi connectivity index (χ4v) is 3.78. The van der Waals surface area contributed by atoms with Crippen LogP contribution in [0.1, 0.15) is 23.0 Å². The maximum Gasteiger partial charge on any atom is 0.350 e. The van der Waals surface area contributed by atoms with Crippen LogP contribution in [0.3, 0.4) is 0 Å². The number of amides is 2. The van der Waals surface area contributed by atoms with Crippen LogP contribution in [0.4, 0.5) is 5.13 Å². The average molecular weight is 403 g/mol. The number of thiazole rings is 1. The van der Waals surface area contributed by atoms with Gasteiger partial charge in [0, 0.05) is 25.6 Å². The molecule has 1 aromatic heterocycles. The van der Waals surface area contributed by atoms with Crippen molar-refractivity contribution in [3.05, 3.63) is 29.1 Å². The molecule has 1 aliphatic rings. The van der Waals surface area contributed by atoms with Crippen molar-refractivity contribution in [2.75, 3.05) is 32.6 Å². The Morgan fingerprint density at radius 3 is 2.61 bits per heavy atom. The van der Waals surface area contributed by atoms with Gasteiger partial charge in [-0.3, -0.25) is 9.59 Å². The van der Waals surface area contributed by atoms with Crippen molar-refractivity contribution in [1.29, 1.82) is 0 Å². The number of anilines is 1. The molecule has 28 heavy (non-hydrogen) atoms. The van der Waals surface area contributed by atoms with Crippen LogP contribution < -0.4 is 10.1 Å². The van der Waals surface area contributed by atoms with Gasteiger partial charge in [0.1, 0.15) is 10.6 Å². The molecule has 1 fully saturated rings. The molecule has 2 heterocycles. The zero-order valence-corrected chi connectivity index (χ0v) is 16.7. The molecule has 0 bridgehead atoms. The first-order valence-electron chi connectivity index (χ1n) is 8.80. The second-order valence-electron chi connectivity index (χ2n) is 6.31. The molecule has 0 aliphatic carbocycles. The summed E-state index contributed by atoms with van der Waals surface area (Å²) in [5.41, 5.74) is 1.14. The first kappa shape index (κ1) is 19.8. The van der Waals surface area contributed by atoms with Gasteiger partial charge < -0.3 is 19.7 Å². The predicted octanol–water partition coefficient (Wildman–Crippen LogP) is 2.41. The van der Waals surface area contributed by atoms with Crippen LogP contribution in [0.25, 0.3) is 11.3 Å². The Balaban J connectivity index is 1.87. The number of benzene rings is 1. The van der Waals surface area contributed by atoms with Crippen LogP contribution in [0, 0.1) is 5.92 Å². The lowest BCUT2D eigenvalue weighted by Gasteiger charge is -2.09. The monoisotopic (exact) mass is 403 g/mol. The van der Waals surface area contributed by atoms with E-state index in [1.165, 1.54) is 4.90 Å². The van der Waals surface area contributed by atoms with E-state index in [0.717, 1.165) is 11.3 Å². The third-order valence-electron chi connectivity index (χ3n) is 4.39. The number of rotatable bonds is 6. The number of carbonyl (C=O) groups excluding carboxylic acids is 3. The zero-order chi connectivity index (χ0) is 20.3. The Morgan fingerprint density at radius 2 is 2.04 bits per heavy atom. The molecule has 1 atom stereocenters. The van der Waals surface area contributed by atoms with Gasteiger partial charge in [-0.1, -0.05) is 11.3 Å². The van der Waals surface area contributed by atoms with Gasteiger partial charge in [0.25, 0.3) is 0 Å². The molecule has 1 saturated heterocycles. The van der Waals surface area contributed by atoms with Gasteiger partial charge >= 0.3 is 5.97 Å². The Labute approximate surface area is 166 Å². The molecule has 0 saturated carbocycles. The normalized spacial score (nSPS) is 16.2. The van der Waals surface area contributed by atoms with Gasteiger partial charge in [0.2, 0.25) is 11.8 Å². The first-order chi connectivity index (χ1) is 13.4. The van der Waals surface area contributed by atoms with Gasteiger partial charge in [0.05, 0.1) is 25.3 Å². The van der Waals surface area contributed by atoms with Crippen molar-refractivity contribution in [3.63, 3.8) is 0 Å². The minimum absolute atomic E-state index is 0.0644. The lowest BCUT2D eigenvalue weighted by atomic mass is 10.1. The summed E-state index contributed by atoms with van der Waals surface area (Å²) in [5.74, 6) is -0.604. The van der Waals surface area contributed by atoms with E-state index >= 15 is 0 Å². The number of nitrogens with one attached hydrogen (secondary N) is 1. The van der Waals surface area contributed by atoms with E-state index < -0.39 is 11.9 Å². The van der Waals surface area contributed by atoms with Crippen molar-refractivity contribution >= 4 is 34.3 Å². The summed E-state index contributed by atoms with van der Waals surface area (Å²) in [4.78, 5) is 42.8. The third-order valence-corrected chi connectivity index (χ3v) is 5.34. The molecule has 1 aromatic carbocycles. The van der Waals surface area contributed by atoms with Crippen LogP contribution in [-0.2, 0) is 14.3 Å². The van der Waals surface area contributed by atoms with Crippen molar-refractivity contribution in [1.82, 2.24) is 9.88 Å². The van der Waals surface area contributed by atoms with E-state index in [2.05, 4.69) is 10.3 Å². The molecule has 0 spiro atoms. The Morgan fingerprint density at radius 1 is 1.32 bits per heavy atom. The SMILES string of the molecule is CCOC(=O)c1sc(NC(=O)C2CC(=O)N(C)C2)nc1-c1ccc(OC)cc1. The quantitative estimate of drug-likeness (QED) is 0.744. The smallest absolute Gasteiger partial charge is 0.350 e. The summed E-state index contributed by atoms with van der Waals surface area (Å²) in [5, 5.41) is 3.02. The summed E-state index contributed by atoms with van der Waals surface area (Å²) in [6.45, 7) is 2.32. The standard InChI is InChI=1S/C19H21N3O5S/c1-4-27-18(25)16-15(11-5-7-13(26-3)8-6-11)20-19(28-16)21-17(24)12-9-14(23)22(2)10-12/h5-8,12H,4,9-10H2,1-3H3,(H,20,21,24). The largest absolute Gasteiger partial charge is 0.497 e. The van der Waals surface area contributed by atoms with Crippen molar-refractivity contribution in [2.45, 2.75) is 13.3 Å². The topological polar surface area (TPSA) is 97.8 Å². The highest BCUT2D eigenvalue weighted by atomic mass is 32.1. The van der Waals surface area contributed by atoms with Crippen molar-refractivity contribution in [2.24, 2.45) is 5.92 Å². The maximum atomic E-state index is 12.5. The molecule has 148 valence electrons. The molecule has 1 aliphatic heterocycles. The molecular formula is C19H21N3O5S. The highest BCUT2D eigenvalue weighted by molar-refractivity contribution is 7.18. The number of nitrogens with zero attached hydrogens (tertiary/aromatic N) is 2. The number of aromatic nitrogens is 1. The number of hydrogen-bond donors (Lipinski definition) is 1. The fourth-order valence-electron chi connectivity index (χ4n) is 2.90. The fraction of sp³-hybridized carbons (Fsp3) is 0.368. The number of carbonyl (C=O) groups is 3. The van der Waals surface area contributed by atoms with Gasteiger partial charge in [-0.05, 0) is 31.2 Å². The van der Waals surface area contributed by atoms with E-state index in [1.54, 1.807) is 45.3 Å². The first-order valence-corrected chi connectivity index (χ1v) is 9.61. The van der Waals surface area contributed by atoms with E-state index in [4.69, 9.17) is 9.47 Å². The summed E-state index contributed by atoms with van der Waals surface area (Å²) < 4.78 is 10.3. The summed E-state index contributed by atoms with van der Waals surface area (Å²) in [6.07, 6.45) is 0.170. The number of methoxy groups -OCH3 is 1. The molecule has 1 N–H and O–H groups in total. The van der Waals surface area contributed by atoms with Crippen molar-refractivity contribution < 1.29 is 23.9 Å².